The van der Waals surface area contributed by atoms with E-state index >= 15 is 0 Å². The topological polar surface area (TPSA) is 51.8 Å². The molecule has 0 aromatic carbocycles. The van der Waals surface area contributed by atoms with E-state index in [1.807, 2.05) is 5.38 Å². The Morgan fingerprint density at radius 2 is 2.71 bits per heavy atom. The van der Waals surface area contributed by atoms with Gasteiger partial charge >= 0.3 is 0 Å². The van der Waals surface area contributed by atoms with E-state index in [1.54, 1.807) is 0 Å². The average Bonchev–Trinajstić information content (AvgIpc) is 2.14. The molecule has 0 aliphatic rings. The molecule has 38 valence electrons. The van der Waals surface area contributed by atoms with Crippen LogP contribution in [0.4, 0.5) is 0 Å². The zero-order valence-electron chi connectivity index (χ0n) is 3.66. The average molecular weight is 115 g/mol. The van der Waals surface area contributed by atoms with E-state index in [-0.39, 0.29) is 0 Å². The fourth-order valence-electron chi connectivity index (χ4n) is 0.273. The number of hydrogen-bond acceptors (Lipinski definition) is 4. The largest absolute Gasteiger partial charge is 0.325 e. The fraction of sp³-hybridized carbons (Fsp3) is 0.333. The SMILES string of the molecule is NCc1csnn1. The summed E-state index contributed by atoms with van der Waals surface area (Å²) in [5.41, 5.74) is 6.06. The molecule has 0 aliphatic heterocycles. The van der Waals surface area contributed by atoms with Gasteiger partial charge in [-0.3, -0.25) is 0 Å². The van der Waals surface area contributed by atoms with Crippen molar-refractivity contribution in [2.45, 2.75) is 6.54 Å². The van der Waals surface area contributed by atoms with Gasteiger partial charge in [0.15, 0.2) is 0 Å². The Balaban J connectivity index is 2.76. The molecule has 0 atom stereocenters. The van der Waals surface area contributed by atoms with Crippen molar-refractivity contribution in [3.05, 3.63) is 11.1 Å². The molecule has 7 heavy (non-hydrogen) atoms. The summed E-state index contributed by atoms with van der Waals surface area (Å²) in [6.45, 7) is 0.497. The summed E-state index contributed by atoms with van der Waals surface area (Å²) in [4.78, 5) is 0. The first-order chi connectivity index (χ1) is 3.43. The number of aromatic nitrogens is 2. The lowest BCUT2D eigenvalue weighted by molar-refractivity contribution is 0.958. The minimum absolute atomic E-state index is 0.497. The molecule has 1 aromatic heterocycles. The monoisotopic (exact) mass is 115 g/mol. The lowest BCUT2D eigenvalue weighted by atomic mass is 10.5. The molecular formula is C3H5N3S. The molecule has 0 radical (unpaired) electrons. The van der Waals surface area contributed by atoms with Crippen molar-refractivity contribution >= 4 is 11.5 Å². The zero-order chi connectivity index (χ0) is 5.11. The summed E-state index contributed by atoms with van der Waals surface area (Å²) in [6.07, 6.45) is 0. The third-order valence-corrected chi connectivity index (χ3v) is 1.17. The first kappa shape index (κ1) is 4.67. The van der Waals surface area contributed by atoms with Crippen LogP contribution >= 0.6 is 11.5 Å². The Labute approximate surface area is 45.3 Å². The molecule has 4 heteroatoms. The normalized spacial score (nSPS) is 9.29. The van der Waals surface area contributed by atoms with Crippen LogP contribution in [0.15, 0.2) is 5.38 Å². The van der Waals surface area contributed by atoms with Crippen LogP contribution in [0.3, 0.4) is 0 Å². The maximum Gasteiger partial charge on any atom is 0.0891 e. The molecule has 3 nitrogen and oxygen atoms in total. The molecule has 0 bridgehead atoms. The van der Waals surface area contributed by atoms with Gasteiger partial charge in [0.25, 0.3) is 0 Å². The Morgan fingerprint density at radius 3 is 3.00 bits per heavy atom. The lowest BCUT2D eigenvalue weighted by Crippen LogP contribution is -1.95. The summed E-state index contributed by atoms with van der Waals surface area (Å²) in [5, 5.41) is 5.51. The summed E-state index contributed by atoms with van der Waals surface area (Å²) in [5.74, 6) is 0. The van der Waals surface area contributed by atoms with E-state index in [0.29, 0.717) is 6.54 Å². The minimum atomic E-state index is 0.497. The van der Waals surface area contributed by atoms with Crippen molar-refractivity contribution in [2.24, 2.45) is 5.73 Å². The Morgan fingerprint density at radius 1 is 1.86 bits per heavy atom. The molecule has 1 heterocycles. The van der Waals surface area contributed by atoms with Gasteiger partial charge in [-0.15, -0.1) is 5.10 Å². The van der Waals surface area contributed by atoms with Gasteiger partial charge in [0.1, 0.15) is 0 Å². The molecule has 2 N–H and O–H groups in total. The molecule has 0 spiro atoms. The van der Waals surface area contributed by atoms with Crippen LogP contribution in [0, 0.1) is 0 Å². The highest BCUT2D eigenvalue weighted by molar-refractivity contribution is 7.03. The van der Waals surface area contributed by atoms with Crippen LogP contribution in [-0.2, 0) is 6.54 Å². The van der Waals surface area contributed by atoms with Crippen molar-refractivity contribution in [1.29, 1.82) is 0 Å². The van der Waals surface area contributed by atoms with Gasteiger partial charge in [-0.1, -0.05) is 4.49 Å². The number of nitrogens with two attached hydrogens (primary N) is 1. The zero-order valence-corrected chi connectivity index (χ0v) is 4.48. The summed E-state index contributed by atoms with van der Waals surface area (Å²) < 4.78 is 3.60. The van der Waals surface area contributed by atoms with Gasteiger partial charge in [-0.2, -0.15) is 0 Å². The first-order valence-electron chi connectivity index (χ1n) is 1.89. The first-order valence-corrected chi connectivity index (χ1v) is 2.73. The van der Waals surface area contributed by atoms with E-state index in [1.165, 1.54) is 11.5 Å². The van der Waals surface area contributed by atoms with Gasteiger partial charge in [-0.25, -0.2) is 0 Å². The van der Waals surface area contributed by atoms with E-state index < -0.39 is 0 Å². The predicted molar refractivity (Wildman–Crippen MR) is 27.8 cm³/mol. The summed E-state index contributed by atoms with van der Waals surface area (Å²) >= 11 is 1.32. The second kappa shape index (κ2) is 1.99. The third kappa shape index (κ3) is 0.942. The molecule has 0 unspecified atom stereocenters. The maximum atomic E-state index is 5.20. The van der Waals surface area contributed by atoms with Crippen molar-refractivity contribution in [2.75, 3.05) is 0 Å². The molecular weight excluding hydrogens is 110 g/mol. The number of hydrogen-bond donors (Lipinski definition) is 1. The highest BCUT2D eigenvalue weighted by Crippen LogP contribution is 1.92. The highest BCUT2D eigenvalue weighted by atomic mass is 32.1. The van der Waals surface area contributed by atoms with Crippen LogP contribution in [0.25, 0.3) is 0 Å². The number of nitrogens with zero attached hydrogens (tertiary/aromatic N) is 2. The second-order valence-electron chi connectivity index (χ2n) is 1.10. The summed E-state index contributed by atoms with van der Waals surface area (Å²) in [6, 6.07) is 0. The molecule has 0 amide bonds. The minimum Gasteiger partial charge on any atom is -0.325 e. The van der Waals surface area contributed by atoms with E-state index in [9.17, 15) is 0 Å². The van der Waals surface area contributed by atoms with Crippen molar-refractivity contribution < 1.29 is 0 Å². The van der Waals surface area contributed by atoms with Crippen molar-refractivity contribution in [3.63, 3.8) is 0 Å². The molecule has 0 aliphatic carbocycles. The standard InChI is InChI=1S/C3H5N3S/c4-1-3-2-7-6-5-3/h2H,1,4H2. The van der Waals surface area contributed by atoms with E-state index in [4.69, 9.17) is 5.73 Å². The van der Waals surface area contributed by atoms with Gasteiger partial charge in [-0.05, 0) is 11.5 Å². The smallest absolute Gasteiger partial charge is 0.0891 e. The van der Waals surface area contributed by atoms with E-state index in [0.717, 1.165) is 5.69 Å². The highest BCUT2D eigenvalue weighted by Gasteiger charge is 1.86. The maximum absolute atomic E-state index is 5.20. The fourth-order valence-corrected chi connectivity index (χ4v) is 0.737. The van der Waals surface area contributed by atoms with Crippen LogP contribution in [0.5, 0.6) is 0 Å². The third-order valence-electron chi connectivity index (χ3n) is 0.614. The van der Waals surface area contributed by atoms with Crippen LogP contribution in [0.2, 0.25) is 0 Å². The van der Waals surface area contributed by atoms with Gasteiger partial charge < -0.3 is 5.73 Å². The predicted octanol–water partition coefficient (Wildman–Crippen LogP) is -0.00320. The van der Waals surface area contributed by atoms with Crippen molar-refractivity contribution in [1.82, 2.24) is 9.59 Å². The van der Waals surface area contributed by atoms with Crippen LogP contribution in [-0.4, -0.2) is 9.59 Å². The second-order valence-corrected chi connectivity index (χ2v) is 1.71. The van der Waals surface area contributed by atoms with Crippen molar-refractivity contribution in [3.8, 4) is 0 Å². The Bertz CT molecular complexity index is 125. The van der Waals surface area contributed by atoms with Crippen LogP contribution < -0.4 is 5.73 Å². The molecule has 0 saturated heterocycles. The Hall–Kier alpha value is -0.480. The van der Waals surface area contributed by atoms with Gasteiger partial charge in [0.05, 0.1) is 5.69 Å². The molecule has 1 rings (SSSR count). The van der Waals surface area contributed by atoms with Gasteiger partial charge in [0, 0.05) is 11.9 Å². The lowest BCUT2D eigenvalue weighted by Gasteiger charge is -1.76. The van der Waals surface area contributed by atoms with Crippen LogP contribution in [0.1, 0.15) is 5.69 Å². The quantitative estimate of drug-likeness (QED) is 0.560. The Kier molecular flexibility index (Phi) is 1.33. The summed E-state index contributed by atoms with van der Waals surface area (Å²) in [7, 11) is 0. The molecule has 0 saturated carbocycles. The molecule has 1 aromatic rings. The van der Waals surface area contributed by atoms with Gasteiger partial charge in [0.2, 0.25) is 0 Å². The van der Waals surface area contributed by atoms with E-state index in [2.05, 4.69) is 9.59 Å². The number of rotatable bonds is 1. The molecule has 0 fully saturated rings.